The summed E-state index contributed by atoms with van der Waals surface area (Å²) in [5, 5.41) is 2.80. The molecule has 0 radical (unpaired) electrons. The first-order valence-electron chi connectivity index (χ1n) is 11.9. The Balaban J connectivity index is 1.92. The van der Waals surface area contributed by atoms with E-state index >= 15 is 0 Å². The minimum atomic E-state index is -0.228. The second kappa shape index (κ2) is 11.0. The highest BCUT2D eigenvalue weighted by atomic mass is 16.5. The third-order valence-corrected chi connectivity index (χ3v) is 6.53. The Bertz CT molecular complexity index is 870. The van der Waals surface area contributed by atoms with Gasteiger partial charge >= 0.3 is 0 Å². The molecule has 0 spiro atoms. The molecule has 1 aliphatic carbocycles. The molecule has 8 nitrogen and oxygen atoms in total. The van der Waals surface area contributed by atoms with Crippen molar-refractivity contribution < 1.29 is 23.9 Å². The smallest absolute Gasteiger partial charge is 0.257 e. The van der Waals surface area contributed by atoms with Crippen molar-refractivity contribution in [1.29, 1.82) is 0 Å². The molecular formula is C25H37N3O5. The molecule has 1 aromatic carbocycles. The molecule has 3 atom stereocenters. The third-order valence-electron chi connectivity index (χ3n) is 6.53. The van der Waals surface area contributed by atoms with E-state index in [1.54, 1.807) is 44.2 Å². The van der Waals surface area contributed by atoms with E-state index in [2.05, 4.69) is 12.2 Å². The average molecular weight is 460 g/mol. The van der Waals surface area contributed by atoms with Gasteiger partial charge in [-0.1, -0.05) is 13.8 Å². The maximum absolute atomic E-state index is 13.3. The zero-order chi connectivity index (χ0) is 24.1. The molecule has 3 amide bonds. The number of likely N-dealkylation sites (N-methyl/N-ethyl adjacent to an activating group) is 1. The van der Waals surface area contributed by atoms with Gasteiger partial charge in [0.1, 0.15) is 12.4 Å². The van der Waals surface area contributed by atoms with E-state index in [1.807, 2.05) is 11.8 Å². The van der Waals surface area contributed by atoms with Crippen molar-refractivity contribution in [2.24, 2.45) is 11.8 Å². The number of nitrogens with zero attached hydrogens (tertiary/aromatic N) is 2. The normalized spacial score (nSPS) is 24.3. The number of carbonyl (C=O) groups excluding carboxylic acids is 3. The Hall–Kier alpha value is -2.61. The van der Waals surface area contributed by atoms with Crippen LogP contribution in [0.4, 0.5) is 5.69 Å². The van der Waals surface area contributed by atoms with E-state index in [0.29, 0.717) is 48.8 Å². The molecule has 8 heteroatoms. The van der Waals surface area contributed by atoms with Gasteiger partial charge in [0.15, 0.2) is 0 Å². The maximum Gasteiger partial charge on any atom is 0.257 e. The Morgan fingerprint density at radius 1 is 1.21 bits per heavy atom. The first kappa shape index (κ1) is 25.0. The van der Waals surface area contributed by atoms with E-state index in [4.69, 9.17) is 9.47 Å². The van der Waals surface area contributed by atoms with Crippen LogP contribution in [0.3, 0.4) is 0 Å². The Labute approximate surface area is 196 Å². The van der Waals surface area contributed by atoms with E-state index in [9.17, 15) is 14.4 Å². The topological polar surface area (TPSA) is 88.2 Å². The molecule has 0 bridgehead atoms. The predicted molar refractivity (Wildman–Crippen MR) is 126 cm³/mol. The number of benzene rings is 1. The summed E-state index contributed by atoms with van der Waals surface area (Å²) in [7, 11) is 3.37. The number of methoxy groups -OCH3 is 1. The van der Waals surface area contributed by atoms with E-state index in [1.165, 1.54) is 0 Å². The zero-order valence-electron chi connectivity index (χ0n) is 20.4. The lowest BCUT2D eigenvalue weighted by Gasteiger charge is -2.36. The maximum atomic E-state index is 13.3. The second-order valence-corrected chi connectivity index (χ2v) is 9.40. The molecule has 33 heavy (non-hydrogen) atoms. The van der Waals surface area contributed by atoms with Crippen LogP contribution in [-0.2, 0) is 14.3 Å². The van der Waals surface area contributed by atoms with Crippen LogP contribution in [-0.4, -0.2) is 73.5 Å². The van der Waals surface area contributed by atoms with Crippen LogP contribution in [0.15, 0.2) is 18.2 Å². The molecule has 3 rings (SSSR count). The number of hydrogen-bond donors (Lipinski definition) is 1. The van der Waals surface area contributed by atoms with Crippen LogP contribution in [0.5, 0.6) is 5.75 Å². The summed E-state index contributed by atoms with van der Waals surface area (Å²) in [5.74, 6) is 0.782. The van der Waals surface area contributed by atoms with Gasteiger partial charge in [0, 0.05) is 51.7 Å². The van der Waals surface area contributed by atoms with Gasteiger partial charge < -0.3 is 24.6 Å². The number of hydrogen-bond acceptors (Lipinski definition) is 5. The summed E-state index contributed by atoms with van der Waals surface area (Å²) in [4.78, 5) is 41.8. The van der Waals surface area contributed by atoms with Gasteiger partial charge in [-0.05, 0) is 43.9 Å². The van der Waals surface area contributed by atoms with Crippen molar-refractivity contribution in [3.8, 4) is 5.75 Å². The van der Waals surface area contributed by atoms with Gasteiger partial charge in [-0.25, -0.2) is 0 Å². The average Bonchev–Trinajstić information content (AvgIpc) is 3.62. The van der Waals surface area contributed by atoms with Gasteiger partial charge in [0.2, 0.25) is 11.8 Å². The monoisotopic (exact) mass is 459 g/mol. The molecule has 1 aliphatic heterocycles. The van der Waals surface area contributed by atoms with Crippen LogP contribution >= 0.6 is 0 Å². The molecule has 1 fully saturated rings. The van der Waals surface area contributed by atoms with Gasteiger partial charge in [-0.15, -0.1) is 0 Å². The minimum absolute atomic E-state index is 0.0323. The van der Waals surface area contributed by atoms with Crippen molar-refractivity contribution in [3.63, 3.8) is 0 Å². The molecule has 1 N–H and O–H groups in total. The summed E-state index contributed by atoms with van der Waals surface area (Å²) in [6.45, 7) is 7.00. The lowest BCUT2D eigenvalue weighted by molar-refractivity contribution is -0.135. The highest BCUT2D eigenvalue weighted by Crippen LogP contribution is 2.33. The van der Waals surface area contributed by atoms with Crippen molar-refractivity contribution in [2.75, 3.05) is 39.2 Å². The summed E-state index contributed by atoms with van der Waals surface area (Å²) in [5.41, 5.74) is 0.918. The Morgan fingerprint density at radius 2 is 1.94 bits per heavy atom. The molecule has 2 aliphatic rings. The van der Waals surface area contributed by atoms with E-state index in [0.717, 1.165) is 12.8 Å². The SMILES string of the molecule is CCC(=O)Nc1ccc2c(c1)C(=O)N(C)C[C@@H](OC)[C@H](C)CN(C(=O)CC1CC1)[C@H](C)CO2. The van der Waals surface area contributed by atoms with Crippen LogP contribution in [0, 0.1) is 11.8 Å². The van der Waals surface area contributed by atoms with Crippen molar-refractivity contribution in [2.45, 2.75) is 58.6 Å². The van der Waals surface area contributed by atoms with E-state index < -0.39 is 0 Å². The quantitative estimate of drug-likeness (QED) is 0.731. The zero-order valence-corrected chi connectivity index (χ0v) is 20.4. The second-order valence-electron chi connectivity index (χ2n) is 9.40. The predicted octanol–water partition coefficient (Wildman–Crippen LogP) is 3.17. The van der Waals surface area contributed by atoms with Crippen LogP contribution in [0.2, 0.25) is 0 Å². The number of ether oxygens (including phenoxy) is 2. The van der Waals surface area contributed by atoms with Crippen molar-refractivity contribution >= 4 is 23.4 Å². The van der Waals surface area contributed by atoms with Gasteiger partial charge in [0.25, 0.3) is 5.91 Å². The van der Waals surface area contributed by atoms with Crippen LogP contribution in [0.1, 0.15) is 56.8 Å². The fourth-order valence-electron chi connectivity index (χ4n) is 4.14. The lowest BCUT2D eigenvalue weighted by Crippen LogP contribution is -2.48. The lowest BCUT2D eigenvalue weighted by atomic mass is 10.0. The van der Waals surface area contributed by atoms with Crippen LogP contribution < -0.4 is 10.1 Å². The molecule has 1 saturated carbocycles. The van der Waals surface area contributed by atoms with Crippen molar-refractivity contribution in [1.82, 2.24) is 9.80 Å². The Kier molecular flexibility index (Phi) is 8.35. The summed E-state index contributed by atoms with van der Waals surface area (Å²) in [6, 6.07) is 4.93. The van der Waals surface area contributed by atoms with Crippen LogP contribution in [0.25, 0.3) is 0 Å². The van der Waals surface area contributed by atoms with E-state index in [-0.39, 0.29) is 42.4 Å². The number of rotatable bonds is 5. The Morgan fingerprint density at radius 3 is 2.58 bits per heavy atom. The first-order valence-corrected chi connectivity index (χ1v) is 11.9. The van der Waals surface area contributed by atoms with Gasteiger partial charge in [-0.2, -0.15) is 0 Å². The number of anilines is 1. The van der Waals surface area contributed by atoms with Crippen molar-refractivity contribution in [3.05, 3.63) is 23.8 Å². The van der Waals surface area contributed by atoms with Gasteiger partial charge in [-0.3, -0.25) is 14.4 Å². The standard InChI is InChI=1S/C25H37N3O5/c1-6-23(29)26-19-9-10-21-20(12-19)25(31)27(4)14-22(32-5)16(2)13-28(17(3)15-33-21)24(30)11-18-7-8-18/h9-10,12,16-18,22H,6-8,11,13-15H2,1-5H3,(H,26,29)/t16-,17-,22-/m1/s1. The third kappa shape index (κ3) is 6.47. The first-order chi connectivity index (χ1) is 15.7. The highest BCUT2D eigenvalue weighted by molar-refractivity contribution is 5.99. The molecule has 0 aromatic heterocycles. The molecule has 1 heterocycles. The van der Waals surface area contributed by atoms with Gasteiger partial charge in [0.05, 0.1) is 17.7 Å². The summed E-state index contributed by atoms with van der Waals surface area (Å²) >= 11 is 0. The number of fused-ring (bicyclic) bond motifs is 1. The molecule has 0 saturated heterocycles. The molecule has 182 valence electrons. The summed E-state index contributed by atoms with van der Waals surface area (Å²) < 4.78 is 11.8. The molecular weight excluding hydrogens is 422 g/mol. The largest absolute Gasteiger partial charge is 0.491 e. The fourth-order valence-corrected chi connectivity index (χ4v) is 4.14. The summed E-state index contributed by atoms with van der Waals surface area (Å²) in [6.07, 6.45) is 2.94. The number of carbonyl (C=O) groups is 3. The highest BCUT2D eigenvalue weighted by Gasteiger charge is 2.33. The number of amides is 3. The molecule has 1 aromatic rings. The number of nitrogens with one attached hydrogen (secondary N) is 1. The minimum Gasteiger partial charge on any atom is -0.491 e. The molecule has 0 unspecified atom stereocenters. The fraction of sp³-hybridized carbons (Fsp3) is 0.640.